The predicted molar refractivity (Wildman–Crippen MR) is 113 cm³/mol. The Morgan fingerprint density at radius 2 is 1.69 bits per heavy atom. The fraction of sp³-hybridized carbons (Fsp3) is 0.333. The highest BCUT2D eigenvalue weighted by atomic mass is 16.4. The van der Waals surface area contributed by atoms with Gasteiger partial charge in [0.05, 0.1) is 5.56 Å². The number of hydrogen-bond donors (Lipinski definition) is 1. The van der Waals surface area contributed by atoms with Gasteiger partial charge in [0.25, 0.3) is 0 Å². The number of carbonyl (C=O) groups is 2. The molecule has 1 N–H and O–H groups in total. The smallest absolute Gasteiger partial charge is 0.335 e. The molecular formula is C24H26N2O3. The van der Waals surface area contributed by atoms with Gasteiger partial charge in [0, 0.05) is 37.8 Å². The van der Waals surface area contributed by atoms with E-state index in [0.29, 0.717) is 24.4 Å². The number of aromatic carboxylic acids is 1. The lowest BCUT2D eigenvalue weighted by molar-refractivity contribution is -0.132. The van der Waals surface area contributed by atoms with E-state index < -0.39 is 5.97 Å². The number of likely N-dealkylation sites (tertiary alicyclic amines) is 1. The molecule has 1 aliphatic rings. The highest BCUT2D eigenvalue weighted by Gasteiger charge is 2.24. The minimum atomic E-state index is -0.870. The van der Waals surface area contributed by atoms with Gasteiger partial charge in [-0.05, 0) is 54.3 Å². The topological polar surface area (TPSA) is 62.5 Å². The quantitative estimate of drug-likeness (QED) is 0.686. The maximum Gasteiger partial charge on any atom is 0.335 e. The third kappa shape index (κ3) is 4.34. The van der Waals surface area contributed by atoms with Crippen molar-refractivity contribution in [3.8, 4) is 0 Å². The van der Waals surface area contributed by atoms with Gasteiger partial charge in [0.15, 0.2) is 0 Å². The molecule has 1 amide bonds. The van der Waals surface area contributed by atoms with Crippen LogP contribution in [0.3, 0.4) is 0 Å². The highest BCUT2D eigenvalue weighted by molar-refractivity contribution is 5.89. The number of hydrogen-bond acceptors (Lipinski definition) is 2. The van der Waals surface area contributed by atoms with Crippen molar-refractivity contribution in [3.63, 3.8) is 0 Å². The van der Waals surface area contributed by atoms with Crippen molar-refractivity contribution in [1.82, 2.24) is 9.47 Å². The Morgan fingerprint density at radius 1 is 0.966 bits per heavy atom. The summed E-state index contributed by atoms with van der Waals surface area (Å²) < 4.78 is 2.14. The summed E-state index contributed by atoms with van der Waals surface area (Å²) in [5.74, 6) is -0.245. The van der Waals surface area contributed by atoms with Gasteiger partial charge in [-0.2, -0.15) is 0 Å². The Balaban J connectivity index is 1.29. The van der Waals surface area contributed by atoms with E-state index >= 15 is 0 Å². The van der Waals surface area contributed by atoms with Gasteiger partial charge >= 0.3 is 5.97 Å². The molecule has 1 aliphatic heterocycles. The predicted octanol–water partition coefficient (Wildman–Crippen LogP) is 4.21. The second-order valence-electron chi connectivity index (χ2n) is 7.81. The number of nitrogens with zero attached hydrogens (tertiary/aromatic N) is 2. The van der Waals surface area contributed by atoms with Crippen molar-refractivity contribution in [2.24, 2.45) is 5.92 Å². The van der Waals surface area contributed by atoms with Crippen molar-refractivity contribution in [2.45, 2.75) is 32.2 Å². The van der Waals surface area contributed by atoms with Gasteiger partial charge in [0.2, 0.25) is 5.91 Å². The van der Waals surface area contributed by atoms with Crippen molar-refractivity contribution in [2.75, 3.05) is 13.1 Å². The van der Waals surface area contributed by atoms with E-state index in [0.717, 1.165) is 43.4 Å². The standard InChI is InChI=1S/C24H26N2O3/c27-23(12-16-25-15-11-19-5-2-4-8-22(19)25)26-13-9-18(10-14-26)17-20-6-1-3-7-21(20)24(28)29/h1-8,11,15,18H,9-10,12-14,16-17H2,(H,28,29). The number of carbonyl (C=O) groups excluding carboxylic acids is 1. The molecule has 0 unspecified atom stereocenters. The maximum absolute atomic E-state index is 12.7. The van der Waals surface area contributed by atoms with Gasteiger partial charge in [-0.15, -0.1) is 0 Å². The fourth-order valence-corrected chi connectivity index (χ4v) is 4.31. The first-order chi connectivity index (χ1) is 14.1. The van der Waals surface area contributed by atoms with Gasteiger partial charge in [0.1, 0.15) is 0 Å². The van der Waals surface area contributed by atoms with Crippen LogP contribution in [0.4, 0.5) is 0 Å². The molecule has 0 atom stereocenters. The summed E-state index contributed by atoms with van der Waals surface area (Å²) in [6, 6.07) is 17.5. The second kappa shape index (κ2) is 8.52. The third-order valence-electron chi connectivity index (χ3n) is 5.97. The molecule has 29 heavy (non-hydrogen) atoms. The largest absolute Gasteiger partial charge is 0.478 e. The monoisotopic (exact) mass is 390 g/mol. The Bertz CT molecular complexity index is 1020. The molecule has 0 aliphatic carbocycles. The van der Waals surface area contributed by atoms with Crippen LogP contribution in [0.5, 0.6) is 0 Å². The number of rotatable bonds is 6. The summed E-state index contributed by atoms with van der Waals surface area (Å²) in [4.78, 5) is 26.0. The number of aromatic nitrogens is 1. The summed E-state index contributed by atoms with van der Waals surface area (Å²) in [5, 5.41) is 10.6. The minimum absolute atomic E-state index is 0.201. The van der Waals surface area contributed by atoms with E-state index in [1.165, 1.54) is 5.39 Å². The van der Waals surface area contributed by atoms with E-state index in [1.807, 2.05) is 35.4 Å². The van der Waals surface area contributed by atoms with Crippen molar-refractivity contribution in [1.29, 1.82) is 0 Å². The fourth-order valence-electron chi connectivity index (χ4n) is 4.31. The molecule has 5 nitrogen and oxygen atoms in total. The zero-order valence-electron chi connectivity index (χ0n) is 16.5. The number of benzene rings is 2. The first-order valence-electron chi connectivity index (χ1n) is 10.2. The van der Waals surface area contributed by atoms with Crippen LogP contribution < -0.4 is 0 Å². The van der Waals surface area contributed by atoms with Crippen molar-refractivity contribution in [3.05, 3.63) is 71.9 Å². The van der Waals surface area contributed by atoms with Crippen molar-refractivity contribution >= 4 is 22.8 Å². The average Bonchev–Trinajstić information content (AvgIpc) is 3.16. The summed E-state index contributed by atoms with van der Waals surface area (Å²) in [6.07, 6.45) is 5.16. The van der Waals surface area contributed by atoms with Gasteiger partial charge in [-0.1, -0.05) is 36.4 Å². The van der Waals surface area contributed by atoms with E-state index in [-0.39, 0.29) is 5.91 Å². The molecule has 1 saturated heterocycles. The molecule has 1 fully saturated rings. The average molecular weight is 390 g/mol. The van der Waals surface area contributed by atoms with Crippen LogP contribution >= 0.6 is 0 Å². The lowest BCUT2D eigenvalue weighted by Crippen LogP contribution is -2.39. The van der Waals surface area contributed by atoms with Gasteiger partial charge < -0.3 is 14.6 Å². The molecule has 0 bridgehead atoms. The second-order valence-corrected chi connectivity index (χ2v) is 7.81. The molecule has 150 valence electrons. The lowest BCUT2D eigenvalue weighted by atomic mass is 9.88. The summed E-state index contributed by atoms with van der Waals surface area (Å²) in [6.45, 7) is 2.20. The SMILES string of the molecule is O=C(O)c1ccccc1CC1CCN(C(=O)CCn2ccc3ccccc32)CC1. The molecule has 0 spiro atoms. The Labute approximate surface area is 170 Å². The Hall–Kier alpha value is -3.08. The van der Waals surface area contributed by atoms with E-state index in [9.17, 15) is 14.7 Å². The molecule has 3 aromatic rings. The zero-order chi connectivity index (χ0) is 20.2. The first kappa shape index (κ1) is 19.2. The summed E-state index contributed by atoms with van der Waals surface area (Å²) in [7, 11) is 0. The number of piperidine rings is 1. The van der Waals surface area contributed by atoms with Crippen LogP contribution in [0, 0.1) is 5.92 Å². The Kier molecular flexibility index (Phi) is 5.65. The lowest BCUT2D eigenvalue weighted by Gasteiger charge is -2.32. The first-order valence-corrected chi connectivity index (χ1v) is 10.2. The maximum atomic E-state index is 12.7. The molecule has 4 rings (SSSR count). The number of amides is 1. The van der Waals surface area contributed by atoms with Gasteiger partial charge in [-0.25, -0.2) is 4.79 Å². The number of aryl methyl sites for hydroxylation is 1. The molecule has 2 aromatic carbocycles. The normalized spacial score (nSPS) is 15.0. The summed E-state index contributed by atoms with van der Waals surface area (Å²) in [5.41, 5.74) is 2.45. The van der Waals surface area contributed by atoms with Crippen LogP contribution in [-0.4, -0.2) is 39.5 Å². The molecule has 2 heterocycles. The van der Waals surface area contributed by atoms with Crippen LogP contribution in [-0.2, 0) is 17.8 Å². The van der Waals surface area contributed by atoms with Gasteiger partial charge in [-0.3, -0.25) is 4.79 Å². The number of carboxylic acids is 1. The van der Waals surface area contributed by atoms with Crippen LogP contribution in [0.15, 0.2) is 60.8 Å². The van der Waals surface area contributed by atoms with E-state index in [4.69, 9.17) is 0 Å². The van der Waals surface area contributed by atoms with Crippen LogP contribution in [0.25, 0.3) is 10.9 Å². The van der Waals surface area contributed by atoms with E-state index in [1.54, 1.807) is 12.1 Å². The molecule has 1 aromatic heterocycles. The Morgan fingerprint density at radius 3 is 2.48 bits per heavy atom. The molecule has 0 radical (unpaired) electrons. The third-order valence-corrected chi connectivity index (χ3v) is 5.97. The van der Waals surface area contributed by atoms with Crippen molar-refractivity contribution < 1.29 is 14.7 Å². The number of carboxylic acid groups (broad SMARTS) is 1. The molecular weight excluding hydrogens is 364 g/mol. The molecule has 0 saturated carbocycles. The minimum Gasteiger partial charge on any atom is -0.478 e. The summed E-state index contributed by atoms with van der Waals surface area (Å²) >= 11 is 0. The van der Waals surface area contributed by atoms with Crippen LogP contribution in [0.1, 0.15) is 35.2 Å². The molecule has 5 heteroatoms. The van der Waals surface area contributed by atoms with Crippen LogP contribution in [0.2, 0.25) is 0 Å². The zero-order valence-corrected chi connectivity index (χ0v) is 16.5. The van der Waals surface area contributed by atoms with E-state index in [2.05, 4.69) is 22.8 Å². The highest BCUT2D eigenvalue weighted by Crippen LogP contribution is 2.24. The number of para-hydroxylation sites is 1. The number of fused-ring (bicyclic) bond motifs is 1.